The number of amides is 1. The Balaban J connectivity index is 2.18. The molecule has 1 fully saturated rings. The molecule has 6 heteroatoms. The van der Waals surface area contributed by atoms with Gasteiger partial charge in [-0.25, -0.2) is 0 Å². The molecule has 0 radical (unpaired) electrons. The molecule has 1 aliphatic heterocycles. The second-order valence-corrected chi connectivity index (χ2v) is 3.85. The molecule has 0 unspecified atom stereocenters. The van der Waals surface area contributed by atoms with Crippen molar-refractivity contribution in [3.8, 4) is 0 Å². The highest BCUT2D eigenvalue weighted by Crippen LogP contribution is 2.19. The Morgan fingerprint density at radius 3 is 2.58 bits per heavy atom. The molecule has 2 N–H and O–H groups in total. The van der Waals surface area contributed by atoms with Crippen LogP contribution in [0.5, 0.6) is 0 Å². The topological polar surface area (TPSA) is 41.1 Å². The van der Waals surface area contributed by atoms with Crippen molar-refractivity contribution in [1.82, 2.24) is 10.6 Å². The average molecular weight is 243 g/mol. The molecule has 0 spiro atoms. The molecule has 12 heavy (non-hydrogen) atoms. The van der Waals surface area contributed by atoms with Gasteiger partial charge in [-0.05, 0) is 15.9 Å². The smallest absolute Gasteiger partial charge is 0.318 e. The van der Waals surface area contributed by atoms with Crippen molar-refractivity contribution in [2.75, 3.05) is 19.6 Å². The second-order valence-electron chi connectivity index (χ2n) is 2.69. The fourth-order valence-electron chi connectivity index (χ4n) is 0.806. The number of carbonyl (C=O) groups excluding carboxylic acids is 1. The molecule has 70 valence electrons. The molecular weight excluding hydrogens is 234 g/mol. The van der Waals surface area contributed by atoms with Gasteiger partial charge in [0.15, 0.2) is 0 Å². The summed E-state index contributed by atoms with van der Waals surface area (Å²) in [6.07, 6.45) is 0. The highest BCUT2D eigenvalue weighted by atomic mass is 79.9. The van der Waals surface area contributed by atoms with E-state index in [1.807, 2.05) is 0 Å². The number of carbonyl (C=O) groups is 1. The van der Waals surface area contributed by atoms with E-state index in [-0.39, 0.29) is 11.8 Å². The number of alkyl halides is 3. The number of rotatable bonds is 3. The van der Waals surface area contributed by atoms with Gasteiger partial charge in [0.05, 0.1) is 12.5 Å². The first-order chi connectivity index (χ1) is 5.49. The molecule has 1 rings (SSSR count). The molecule has 1 heterocycles. The number of halogens is 3. The van der Waals surface area contributed by atoms with Gasteiger partial charge in [-0.2, -0.15) is 8.78 Å². The summed E-state index contributed by atoms with van der Waals surface area (Å²) < 4.78 is 24.3. The summed E-state index contributed by atoms with van der Waals surface area (Å²) in [7, 11) is 0. The Bertz CT molecular complexity index is 179. The lowest BCUT2D eigenvalue weighted by Gasteiger charge is -2.26. The lowest BCUT2D eigenvalue weighted by Crippen LogP contribution is -2.51. The predicted octanol–water partition coefficient (Wildman–Crippen LogP) is 0.310. The largest absolute Gasteiger partial charge is 0.349 e. The van der Waals surface area contributed by atoms with E-state index >= 15 is 0 Å². The summed E-state index contributed by atoms with van der Waals surface area (Å²) in [4.78, 5) is 7.97. The molecule has 1 amide bonds. The van der Waals surface area contributed by atoms with Crippen LogP contribution in [0.1, 0.15) is 0 Å². The van der Waals surface area contributed by atoms with E-state index in [4.69, 9.17) is 0 Å². The minimum atomic E-state index is -3.00. The van der Waals surface area contributed by atoms with Crippen LogP contribution < -0.4 is 10.6 Å². The van der Waals surface area contributed by atoms with Crippen LogP contribution >= 0.6 is 15.9 Å². The molecule has 0 aromatic rings. The van der Waals surface area contributed by atoms with Crippen LogP contribution in [0.15, 0.2) is 0 Å². The fraction of sp³-hybridized carbons (Fsp3) is 0.833. The van der Waals surface area contributed by atoms with E-state index in [9.17, 15) is 13.6 Å². The fourth-order valence-corrected chi connectivity index (χ4v) is 0.946. The summed E-state index contributed by atoms with van der Waals surface area (Å²) in [6, 6.07) is 0. The molecule has 0 aliphatic carbocycles. The predicted molar refractivity (Wildman–Crippen MR) is 43.2 cm³/mol. The first kappa shape index (κ1) is 9.85. The summed E-state index contributed by atoms with van der Waals surface area (Å²) in [5.41, 5.74) is 0. The van der Waals surface area contributed by atoms with Crippen LogP contribution in [-0.2, 0) is 4.79 Å². The van der Waals surface area contributed by atoms with Gasteiger partial charge in [-0.1, -0.05) is 0 Å². The van der Waals surface area contributed by atoms with Crippen LogP contribution in [-0.4, -0.2) is 30.4 Å². The van der Waals surface area contributed by atoms with E-state index in [2.05, 4.69) is 26.6 Å². The van der Waals surface area contributed by atoms with E-state index < -0.39 is 11.4 Å². The second kappa shape index (κ2) is 3.66. The molecule has 1 saturated heterocycles. The van der Waals surface area contributed by atoms with E-state index in [1.54, 1.807) is 0 Å². The molecule has 0 aromatic heterocycles. The van der Waals surface area contributed by atoms with Gasteiger partial charge in [0, 0.05) is 13.1 Å². The van der Waals surface area contributed by atoms with E-state index in [0.717, 1.165) is 0 Å². The molecule has 0 bridgehead atoms. The SMILES string of the molecule is O=C(NCC(F)(F)Br)C1CNC1. The molecule has 3 nitrogen and oxygen atoms in total. The summed E-state index contributed by atoms with van der Waals surface area (Å²) >= 11 is 2.13. The van der Waals surface area contributed by atoms with Gasteiger partial charge >= 0.3 is 4.83 Å². The summed E-state index contributed by atoms with van der Waals surface area (Å²) in [6.45, 7) is 0.516. The lowest BCUT2D eigenvalue weighted by atomic mass is 10.0. The van der Waals surface area contributed by atoms with Crippen LogP contribution in [0.3, 0.4) is 0 Å². The van der Waals surface area contributed by atoms with Gasteiger partial charge in [0.1, 0.15) is 0 Å². The zero-order valence-corrected chi connectivity index (χ0v) is 7.83. The standard InChI is InChI=1S/C6H9BrF2N2O/c7-6(8,9)3-11-5(12)4-1-10-2-4/h4,10H,1-3H2,(H,11,12). The minimum Gasteiger partial charge on any atom is -0.349 e. The Morgan fingerprint density at radius 1 is 1.67 bits per heavy atom. The zero-order chi connectivity index (χ0) is 9.19. The quantitative estimate of drug-likeness (QED) is 0.700. The molecule has 1 aliphatic rings. The van der Waals surface area contributed by atoms with E-state index in [0.29, 0.717) is 13.1 Å². The van der Waals surface area contributed by atoms with Crippen LogP contribution in [0.2, 0.25) is 0 Å². The van der Waals surface area contributed by atoms with Crippen LogP contribution in [0.25, 0.3) is 0 Å². The maximum absolute atomic E-state index is 12.2. The normalized spacial score (nSPS) is 18.6. The lowest BCUT2D eigenvalue weighted by molar-refractivity contribution is -0.127. The number of hydrogen-bond acceptors (Lipinski definition) is 2. The van der Waals surface area contributed by atoms with Crippen LogP contribution in [0, 0.1) is 5.92 Å². The van der Waals surface area contributed by atoms with Gasteiger partial charge < -0.3 is 10.6 Å². The highest BCUT2D eigenvalue weighted by Gasteiger charge is 2.29. The first-order valence-electron chi connectivity index (χ1n) is 3.54. The maximum Gasteiger partial charge on any atom is 0.318 e. The Hall–Kier alpha value is -0.230. The van der Waals surface area contributed by atoms with Crippen molar-refractivity contribution in [2.45, 2.75) is 4.83 Å². The Labute approximate surface area is 77.0 Å². The molecule has 0 aromatic carbocycles. The molecular formula is C6H9BrF2N2O. The number of hydrogen-bond donors (Lipinski definition) is 2. The average Bonchev–Trinajstić information content (AvgIpc) is 1.78. The maximum atomic E-state index is 12.2. The zero-order valence-electron chi connectivity index (χ0n) is 6.24. The number of nitrogens with one attached hydrogen (secondary N) is 2. The van der Waals surface area contributed by atoms with Gasteiger partial charge in [-0.15, -0.1) is 0 Å². The third-order valence-corrected chi connectivity index (χ3v) is 1.90. The summed E-state index contributed by atoms with van der Waals surface area (Å²) in [5.74, 6) is -0.451. The Kier molecular flexibility index (Phi) is 3.00. The van der Waals surface area contributed by atoms with Crippen molar-refractivity contribution >= 4 is 21.8 Å². The van der Waals surface area contributed by atoms with Gasteiger partial charge in [0.2, 0.25) is 5.91 Å². The third-order valence-electron chi connectivity index (χ3n) is 1.62. The Morgan fingerprint density at radius 2 is 2.25 bits per heavy atom. The monoisotopic (exact) mass is 242 g/mol. The molecule has 0 atom stereocenters. The van der Waals surface area contributed by atoms with Crippen molar-refractivity contribution in [1.29, 1.82) is 0 Å². The summed E-state index contributed by atoms with van der Waals surface area (Å²) in [5, 5.41) is 5.03. The van der Waals surface area contributed by atoms with Crippen molar-refractivity contribution in [3.63, 3.8) is 0 Å². The minimum absolute atomic E-state index is 0.139. The van der Waals surface area contributed by atoms with Crippen molar-refractivity contribution < 1.29 is 13.6 Å². The highest BCUT2D eigenvalue weighted by molar-refractivity contribution is 9.10. The van der Waals surface area contributed by atoms with Crippen molar-refractivity contribution in [2.24, 2.45) is 5.92 Å². The van der Waals surface area contributed by atoms with Gasteiger partial charge in [0.25, 0.3) is 0 Å². The third kappa shape index (κ3) is 3.02. The van der Waals surface area contributed by atoms with Crippen LogP contribution in [0.4, 0.5) is 8.78 Å². The van der Waals surface area contributed by atoms with Gasteiger partial charge in [-0.3, -0.25) is 4.79 Å². The first-order valence-corrected chi connectivity index (χ1v) is 4.33. The van der Waals surface area contributed by atoms with Crippen molar-refractivity contribution in [3.05, 3.63) is 0 Å². The molecule has 0 saturated carbocycles. The van der Waals surface area contributed by atoms with E-state index in [1.165, 1.54) is 0 Å².